The van der Waals surface area contributed by atoms with Crippen LogP contribution in [0.1, 0.15) is 12.5 Å². The Morgan fingerprint density at radius 2 is 2.33 bits per heavy atom. The van der Waals surface area contributed by atoms with E-state index >= 15 is 0 Å². The van der Waals surface area contributed by atoms with Crippen molar-refractivity contribution < 1.29 is 4.21 Å². The molecule has 0 unspecified atom stereocenters. The molecule has 1 saturated heterocycles. The fraction of sp³-hybridized carbons (Fsp3) is 0.538. The highest BCUT2D eigenvalue weighted by Crippen LogP contribution is 2.23. The summed E-state index contributed by atoms with van der Waals surface area (Å²) in [4.78, 5) is 2.38. The van der Waals surface area contributed by atoms with Crippen molar-refractivity contribution in [2.24, 2.45) is 5.92 Å². The summed E-state index contributed by atoms with van der Waals surface area (Å²) in [5.74, 6) is 2.12. The van der Waals surface area contributed by atoms with Crippen LogP contribution in [0.2, 0.25) is 5.02 Å². The molecule has 0 saturated carbocycles. The Bertz CT molecular complexity index is 455. The van der Waals surface area contributed by atoms with Gasteiger partial charge in [0.2, 0.25) is 0 Å². The Kier molecular flexibility index (Phi) is 5.24. The van der Waals surface area contributed by atoms with Gasteiger partial charge in [-0.25, -0.2) is 0 Å². The number of nitrogens with zero attached hydrogens (tertiary/aromatic N) is 1. The van der Waals surface area contributed by atoms with Crippen molar-refractivity contribution in [3.05, 3.63) is 33.3 Å². The van der Waals surface area contributed by atoms with Gasteiger partial charge in [-0.2, -0.15) is 0 Å². The van der Waals surface area contributed by atoms with E-state index in [1.54, 1.807) is 0 Å². The second-order valence-corrected chi connectivity index (χ2v) is 7.80. The van der Waals surface area contributed by atoms with E-state index in [2.05, 4.69) is 33.8 Å². The van der Waals surface area contributed by atoms with Crippen LogP contribution in [-0.4, -0.2) is 33.7 Å². The molecule has 0 N–H and O–H groups in total. The maximum absolute atomic E-state index is 11.7. The molecule has 18 heavy (non-hydrogen) atoms. The molecule has 0 bridgehead atoms. The van der Waals surface area contributed by atoms with Crippen LogP contribution < -0.4 is 0 Å². The van der Waals surface area contributed by atoms with Crippen molar-refractivity contribution in [2.75, 3.05) is 24.6 Å². The van der Waals surface area contributed by atoms with Crippen LogP contribution in [0.25, 0.3) is 0 Å². The first-order valence-corrected chi connectivity index (χ1v) is 8.72. The summed E-state index contributed by atoms with van der Waals surface area (Å²) in [7, 11) is -0.650. The maximum Gasteiger partial charge on any atom is 0.0417 e. The van der Waals surface area contributed by atoms with Crippen LogP contribution in [0.3, 0.4) is 0 Å². The molecule has 1 fully saturated rings. The predicted molar refractivity (Wildman–Crippen MR) is 81.5 cm³/mol. The number of hydrogen-bond acceptors (Lipinski definition) is 2. The molecule has 1 aromatic rings. The summed E-state index contributed by atoms with van der Waals surface area (Å²) >= 11 is 9.49. The first-order valence-electron chi connectivity index (χ1n) is 6.06. The van der Waals surface area contributed by atoms with E-state index in [1.165, 1.54) is 5.56 Å². The lowest BCUT2D eigenvalue weighted by Crippen LogP contribution is -2.28. The Morgan fingerprint density at radius 1 is 1.56 bits per heavy atom. The van der Waals surface area contributed by atoms with Crippen molar-refractivity contribution in [1.82, 2.24) is 4.90 Å². The molecule has 5 heteroatoms. The lowest BCUT2D eigenvalue weighted by atomic mass is 10.1. The van der Waals surface area contributed by atoms with Gasteiger partial charge in [0.15, 0.2) is 0 Å². The number of benzene rings is 1. The second kappa shape index (κ2) is 6.51. The summed E-state index contributed by atoms with van der Waals surface area (Å²) in [5.41, 5.74) is 1.24. The molecule has 100 valence electrons. The smallest absolute Gasteiger partial charge is 0.0417 e. The minimum Gasteiger partial charge on any atom is -0.298 e. The number of rotatable bonds is 2. The zero-order chi connectivity index (χ0) is 13.1. The number of hydrogen-bond donors (Lipinski definition) is 0. The standard InChI is InChI=1S/C13H17BrClNOS/c1-10-7-16(4-5-18(17)9-10)8-11-2-3-12(15)6-13(11)14/h2-3,6,10H,4-5,7-9H2,1H3/t10-,18-/m0/s1. The highest BCUT2D eigenvalue weighted by Gasteiger charge is 2.19. The lowest BCUT2D eigenvalue weighted by molar-refractivity contribution is 0.256. The van der Waals surface area contributed by atoms with Gasteiger partial charge in [0, 0.05) is 51.4 Å². The van der Waals surface area contributed by atoms with Crippen molar-refractivity contribution in [1.29, 1.82) is 0 Å². The Morgan fingerprint density at radius 3 is 3.06 bits per heavy atom. The van der Waals surface area contributed by atoms with E-state index in [0.29, 0.717) is 5.92 Å². The average molecular weight is 351 g/mol. The molecule has 0 aliphatic carbocycles. The highest BCUT2D eigenvalue weighted by atomic mass is 79.9. The quantitative estimate of drug-likeness (QED) is 0.815. The van der Waals surface area contributed by atoms with Gasteiger partial charge in [-0.1, -0.05) is 40.5 Å². The van der Waals surface area contributed by atoms with Crippen LogP contribution in [0.15, 0.2) is 22.7 Å². The molecule has 0 aromatic heterocycles. The third kappa shape index (κ3) is 4.05. The molecule has 1 aliphatic heterocycles. The summed E-state index contributed by atoms with van der Waals surface area (Å²) in [6.07, 6.45) is 0. The van der Waals surface area contributed by atoms with Gasteiger partial charge in [-0.05, 0) is 23.6 Å². The summed E-state index contributed by atoms with van der Waals surface area (Å²) < 4.78 is 12.7. The van der Waals surface area contributed by atoms with Gasteiger partial charge in [-0.3, -0.25) is 9.11 Å². The van der Waals surface area contributed by atoms with E-state index in [1.807, 2.05) is 12.1 Å². The zero-order valence-electron chi connectivity index (χ0n) is 10.4. The van der Waals surface area contributed by atoms with Crippen molar-refractivity contribution in [3.8, 4) is 0 Å². The minimum absolute atomic E-state index is 0.499. The fourth-order valence-corrected chi connectivity index (χ4v) is 4.43. The molecule has 0 amide bonds. The first kappa shape index (κ1) is 14.5. The van der Waals surface area contributed by atoms with Crippen LogP contribution in [0.4, 0.5) is 0 Å². The molecule has 0 radical (unpaired) electrons. The molecule has 2 nitrogen and oxygen atoms in total. The summed E-state index contributed by atoms with van der Waals surface area (Å²) in [6, 6.07) is 5.90. The molecular formula is C13H17BrClNOS. The molecular weight excluding hydrogens is 334 g/mol. The molecule has 1 aromatic carbocycles. The monoisotopic (exact) mass is 349 g/mol. The van der Waals surface area contributed by atoms with Gasteiger partial charge in [-0.15, -0.1) is 0 Å². The lowest BCUT2D eigenvalue weighted by Gasteiger charge is -2.22. The Balaban J connectivity index is 2.06. The maximum atomic E-state index is 11.7. The predicted octanol–water partition coefficient (Wildman–Crippen LogP) is 3.30. The number of halogens is 2. The van der Waals surface area contributed by atoms with Crippen LogP contribution in [0, 0.1) is 5.92 Å². The van der Waals surface area contributed by atoms with Crippen molar-refractivity contribution in [3.63, 3.8) is 0 Å². The third-order valence-corrected chi connectivity index (χ3v) is 5.64. The normalized spacial score (nSPS) is 25.9. The van der Waals surface area contributed by atoms with Crippen LogP contribution >= 0.6 is 27.5 Å². The third-order valence-electron chi connectivity index (χ3n) is 3.08. The molecule has 1 heterocycles. The SMILES string of the molecule is C[C@H]1CN(Cc2ccc(Cl)cc2Br)CC[S@](=O)C1. The van der Waals surface area contributed by atoms with E-state index in [4.69, 9.17) is 11.6 Å². The summed E-state index contributed by atoms with van der Waals surface area (Å²) in [6.45, 7) is 4.99. The fourth-order valence-electron chi connectivity index (χ4n) is 2.25. The topological polar surface area (TPSA) is 20.3 Å². The molecule has 0 spiro atoms. The average Bonchev–Trinajstić information content (AvgIpc) is 2.44. The van der Waals surface area contributed by atoms with Gasteiger partial charge >= 0.3 is 0 Å². The first-order chi connectivity index (χ1) is 8.54. The van der Waals surface area contributed by atoms with Crippen molar-refractivity contribution >= 4 is 38.3 Å². The summed E-state index contributed by atoms with van der Waals surface area (Å²) in [5, 5.41) is 0.746. The van der Waals surface area contributed by atoms with Crippen LogP contribution in [0.5, 0.6) is 0 Å². The van der Waals surface area contributed by atoms with Crippen LogP contribution in [-0.2, 0) is 17.3 Å². The molecule has 2 rings (SSSR count). The van der Waals surface area contributed by atoms with Gasteiger partial charge in [0.05, 0.1) is 0 Å². The molecule has 1 aliphatic rings. The van der Waals surface area contributed by atoms with E-state index in [-0.39, 0.29) is 0 Å². The van der Waals surface area contributed by atoms with E-state index < -0.39 is 10.8 Å². The Labute approximate surface area is 124 Å². The highest BCUT2D eigenvalue weighted by molar-refractivity contribution is 9.10. The zero-order valence-corrected chi connectivity index (χ0v) is 13.5. The Hall–Kier alpha value is 0.1000. The van der Waals surface area contributed by atoms with Gasteiger partial charge in [0.25, 0.3) is 0 Å². The minimum atomic E-state index is -0.650. The second-order valence-electron chi connectivity index (χ2n) is 4.89. The molecule has 2 atom stereocenters. The van der Waals surface area contributed by atoms with Gasteiger partial charge in [0.1, 0.15) is 0 Å². The van der Waals surface area contributed by atoms with Gasteiger partial charge < -0.3 is 0 Å². The van der Waals surface area contributed by atoms with E-state index in [9.17, 15) is 4.21 Å². The van der Waals surface area contributed by atoms with E-state index in [0.717, 1.165) is 40.6 Å². The largest absolute Gasteiger partial charge is 0.298 e. The van der Waals surface area contributed by atoms with Crippen molar-refractivity contribution in [2.45, 2.75) is 13.5 Å².